The summed E-state index contributed by atoms with van der Waals surface area (Å²) in [6, 6.07) is 9.22. The van der Waals surface area contributed by atoms with Gasteiger partial charge in [-0.25, -0.2) is 9.37 Å². The summed E-state index contributed by atoms with van der Waals surface area (Å²) in [6.07, 6.45) is 2.38. The standard InChI is InChI=1S/C17H16FN3O2/c1-3-13-15(17(22)19-12-8-6-11(18)7-9-12)21-10-4-5-14(23-2)16(21)20-13/h4-10H,3H2,1-2H3,(H,19,22). The first-order valence-electron chi connectivity index (χ1n) is 7.25. The Kier molecular flexibility index (Phi) is 3.97. The van der Waals surface area contributed by atoms with Crippen LogP contribution in [0.3, 0.4) is 0 Å². The highest BCUT2D eigenvalue weighted by atomic mass is 19.1. The SMILES string of the molecule is CCc1nc2c(OC)cccn2c1C(=O)Nc1ccc(F)cc1. The van der Waals surface area contributed by atoms with Gasteiger partial charge in [-0.05, 0) is 42.8 Å². The van der Waals surface area contributed by atoms with Gasteiger partial charge in [0.1, 0.15) is 11.5 Å². The Morgan fingerprint density at radius 3 is 2.70 bits per heavy atom. The van der Waals surface area contributed by atoms with Gasteiger partial charge in [-0.1, -0.05) is 6.92 Å². The highest BCUT2D eigenvalue weighted by molar-refractivity contribution is 6.04. The second-order valence-electron chi connectivity index (χ2n) is 4.99. The van der Waals surface area contributed by atoms with E-state index < -0.39 is 0 Å². The molecule has 118 valence electrons. The number of fused-ring (bicyclic) bond motifs is 1. The second kappa shape index (κ2) is 6.08. The molecule has 0 saturated heterocycles. The average molecular weight is 313 g/mol. The Balaban J connectivity index is 2.04. The molecule has 2 aromatic heterocycles. The van der Waals surface area contributed by atoms with Gasteiger partial charge in [-0.15, -0.1) is 0 Å². The molecule has 1 N–H and O–H groups in total. The number of hydrogen-bond donors (Lipinski definition) is 1. The van der Waals surface area contributed by atoms with E-state index in [0.29, 0.717) is 34.9 Å². The Bertz CT molecular complexity index is 856. The van der Waals surface area contributed by atoms with Crippen LogP contribution in [0.15, 0.2) is 42.6 Å². The van der Waals surface area contributed by atoms with Crippen molar-refractivity contribution in [1.29, 1.82) is 0 Å². The van der Waals surface area contributed by atoms with Crippen molar-refractivity contribution in [1.82, 2.24) is 9.38 Å². The lowest BCUT2D eigenvalue weighted by molar-refractivity contribution is 0.102. The summed E-state index contributed by atoms with van der Waals surface area (Å²) in [4.78, 5) is 17.1. The van der Waals surface area contributed by atoms with Crippen LogP contribution in [0.4, 0.5) is 10.1 Å². The Hall–Kier alpha value is -2.89. The third-order valence-electron chi connectivity index (χ3n) is 3.56. The molecule has 0 saturated carbocycles. The average Bonchev–Trinajstić information content (AvgIpc) is 2.95. The number of methoxy groups -OCH3 is 1. The van der Waals surface area contributed by atoms with Crippen LogP contribution in [0.1, 0.15) is 23.1 Å². The highest BCUT2D eigenvalue weighted by Gasteiger charge is 2.20. The van der Waals surface area contributed by atoms with E-state index >= 15 is 0 Å². The minimum Gasteiger partial charge on any atom is -0.493 e. The number of halogens is 1. The number of anilines is 1. The van der Waals surface area contributed by atoms with Crippen LogP contribution in [0.5, 0.6) is 5.75 Å². The summed E-state index contributed by atoms with van der Waals surface area (Å²) >= 11 is 0. The molecule has 1 amide bonds. The summed E-state index contributed by atoms with van der Waals surface area (Å²) < 4.78 is 20.0. The summed E-state index contributed by atoms with van der Waals surface area (Å²) in [5.41, 5.74) is 2.24. The van der Waals surface area contributed by atoms with Gasteiger partial charge in [0.2, 0.25) is 0 Å². The lowest BCUT2D eigenvalue weighted by atomic mass is 10.2. The number of aromatic nitrogens is 2. The lowest BCUT2D eigenvalue weighted by Crippen LogP contribution is -2.16. The zero-order chi connectivity index (χ0) is 16.4. The van der Waals surface area contributed by atoms with Crippen LogP contribution in [0.2, 0.25) is 0 Å². The lowest BCUT2D eigenvalue weighted by Gasteiger charge is -2.07. The second-order valence-corrected chi connectivity index (χ2v) is 4.99. The van der Waals surface area contributed by atoms with Crippen LogP contribution in [-0.4, -0.2) is 22.4 Å². The van der Waals surface area contributed by atoms with Gasteiger partial charge in [-0.2, -0.15) is 0 Å². The smallest absolute Gasteiger partial charge is 0.274 e. The number of pyridine rings is 1. The molecule has 2 heterocycles. The molecule has 0 atom stereocenters. The molecular weight excluding hydrogens is 297 g/mol. The minimum atomic E-state index is -0.350. The summed E-state index contributed by atoms with van der Waals surface area (Å²) in [6.45, 7) is 1.93. The van der Waals surface area contributed by atoms with E-state index in [1.807, 2.05) is 6.92 Å². The van der Waals surface area contributed by atoms with Crippen LogP contribution < -0.4 is 10.1 Å². The number of nitrogens with zero attached hydrogens (tertiary/aromatic N) is 2. The van der Waals surface area contributed by atoms with E-state index in [4.69, 9.17) is 4.74 Å². The molecular formula is C17H16FN3O2. The van der Waals surface area contributed by atoms with E-state index in [0.717, 1.165) is 0 Å². The number of benzene rings is 1. The fourth-order valence-electron chi connectivity index (χ4n) is 2.46. The fraction of sp³-hybridized carbons (Fsp3) is 0.176. The van der Waals surface area contributed by atoms with Gasteiger partial charge >= 0.3 is 0 Å². The number of carbonyl (C=O) groups is 1. The van der Waals surface area contributed by atoms with E-state index in [1.165, 1.54) is 24.3 Å². The van der Waals surface area contributed by atoms with Gasteiger partial charge in [0, 0.05) is 11.9 Å². The van der Waals surface area contributed by atoms with Crippen molar-refractivity contribution < 1.29 is 13.9 Å². The molecule has 3 rings (SSSR count). The topological polar surface area (TPSA) is 55.6 Å². The molecule has 0 bridgehead atoms. The van der Waals surface area contributed by atoms with Crippen LogP contribution in [0, 0.1) is 5.82 Å². The summed E-state index contributed by atoms with van der Waals surface area (Å²) in [5.74, 6) is -0.0472. The van der Waals surface area contributed by atoms with E-state index in [-0.39, 0.29) is 11.7 Å². The predicted molar refractivity (Wildman–Crippen MR) is 85.5 cm³/mol. The molecule has 0 spiro atoms. The van der Waals surface area contributed by atoms with Gasteiger partial charge in [0.25, 0.3) is 5.91 Å². The maximum absolute atomic E-state index is 13.0. The predicted octanol–water partition coefficient (Wildman–Crippen LogP) is 3.30. The Morgan fingerprint density at radius 2 is 2.04 bits per heavy atom. The molecule has 0 aliphatic carbocycles. The summed E-state index contributed by atoms with van der Waals surface area (Å²) in [5, 5.41) is 2.77. The van der Waals surface area contributed by atoms with E-state index in [2.05, 4.69) is 10.3 Å². The van der Waals surface area contributed by atoms with Crippen molar-refractivity contribution >= 4 is 17.2 Å². The maximum atomic E-state index is 13.0. The number of imidazole rings is 1. The molecule has 3 aromatic rings. The highest BCUT2D eigenvalue weighted by Crippen LogP contribution is 2.23. The largest absolute Gasteiger partial charge is 0.493 e. The van der Waals surface area contributed by atoms with Crippen LogP contribution in [-0.2, 0) is 6.42 Å². The Morgan fingerprint density at radius 1 is 1.30 bits per heavy atom. The molecule has 0 radical (unpaired) electrons. The van der Waals surface area contributed by atoms with Gasteiger partial charge in [0.05, 0.1) is 12.8 Å². The van der Waals surface area contributed by atoms with Crippen molar-refractivity contribution in [3.05, 3.63) is 59.8 Å². The van der Waals surface area contributed by atoms with Crippen molar-refractivity contribution in [2.75, 3.05) is 12.4 Å². The first-order chi connectivity index (χ1) is 11.1. The number of hydrogen-bond acceptors (Lipinski definition) is 3. The third kappa shape index (κ3) is 2.75. The molecule has 5 nitrogen and oxygen atoms in total. The number of rotatable bonds is 4. The normalized spacial score (nSPS) is 10.7. The van der Waals surface area contributed by atoms with Crippen molar-refractivity contribution in [2.45, 2.75) is 13.3 Å². The molecule has 0 aliphatic rings. The molecule has 0 unspecified atom stereocenters. The van der Waals surface area contributed by atoms with Crippen molar-refractivity contribution in [2.24, 2.45) is 0 Å². The zero-order valence-corrected chi connectivity index (χ0v) is 12.8. The van der Waals surface area contributed by atoms with Gasteiger partial charge in [0.15, 0.2) is 11.4 Å². The molecule has 1 aromatic carbocycles. The molecule has 0 fully saturated rings. The van der Waals surface area contributed by atoms with Gasteiger partial charge in [-0.3, -0.25) is 9.20 Å². The number of carbonyl (C=O) groups excluding carboxylic acids is 1. The molecule has 0 aliphatic heterocycles. The quantitative estimate of drug-likeness (QED) is 0.804. The van der Waals surface area contributed by atoms with Crippen LogP contribution in [0.25, 0.3) is 5.65 Å². The Labute approximate surface area is 132 Å². The number of ether oxygens (including phenoxy) is 1. The van der Waals surface area contributed by atoms with Crippen molar-refractivity contribution in [3.63, 3.8) is 0 Å². The first-order valence-corrected chi connectivity index (χ1v) is 7.25. The summed E-state index contributed by atoms with van der Waals surface area (Å²) in [7, 11) is 1.56. The molecule has 23 heavy (non-hydrogen) atoms. The maximum Gasteiger partial charge on any atom is 0.274 e. The monoisotopic (exact) mass is 313 g/mol. The van der Waals surface area contributed by atoms with Crippen molar-refractivity contribution in [3.8, 4) is 5.75 Å². The number of nitrogens with one attached hydrogen (secondary N) is 1. The fourth-order valence-corrected chi connectivity index (χ4v) is 2.46. The van der Waals surface area contributed by atoms with Gasteiger partial charge < -0.3 is 10.1 Å². The number of aryl methyl sites for hydroxylation is 1. The minimum absolute atomic E-state index is 0.297. The van der Waals surface area contributed by atoms with Crippen LogP contribution >= 0.6 is 0 Å². The van der Waals surface area contributed by atoms with E-state index in [1.54, 1.807) is 29.8 Å². The molecule has 6 heteroatoms. The first kappa shape index (κ1) is 15.0. The number of amides is 1. The van der Waals surface area contributed by atoms with E-state index in [9.17, 15) is 9.18 Å². The zero-order valence-electron chi connectivity index (χ0n) is 12.8. The third-order valence-corrected chi connectivity index (χ3v) is 3.56.